The molecule has 0 aliphatic carbocycles. The normalized spacial score (nSPS) is 10.1. The van der Waals surface area contributed by atoms with Gasteiger partial charge < -0.3 is 20.7 Å². The van der Waals surface area contributed by atoms with E-state index in [9.17, 15) is 9.59 Å². The number of hydrogen-bond donors (Lipinski definition) is 3. The van der Waals surface area contributed by atoms with Gasteiger partial charge in [0.25, 0.3) is 5.91 Å². The molecule has 0 fully saturated rings. The molecule has 0 saturated carbocycles. The third kappa shape index (κ3) is 5.82. The number of benzene rings is 2. The zero-order valence-electron chi connectivity index (χ0n) is 14.6. The number of ether oxygens (including phenoxy) is 1. The zero-order chi connectivity index (χ0) is 20.0. The summed E-state index contributed by atoms with van der Waals surface area (Å²) in [5.74, 6) is -0.345. The van der Waals surface area contributed by atoms with Gasteiger partial charge in [-0.15, -0.1) is 0 Å². The minimum absolute atomic E-state index is 0.175. The predicted octanol–water partition coefficient (Wildman–Crippen LogP) is 4.48. The molecule has 0 saturated heterocycles. The largest absolute Gasteiger partial charge is 0.494 e. The molecule has 9 heteroatoms. The van der Waals surface area contributed by atoms with Crippen molar-refractivity contribution in [2.45, 2.75) is 13.3 Å². The van der Waals surface area contributed by atoms with Crippen LogP contribution in [0.5, 0.6) is 5.75 Å². The Hall–Kier alpha value is -2.35. The number of anilines is 2. The number of carbonyl (C=O) groups is 2. The molecule has 0 aliphatic heterocycles. The number of hydrogen-bond acceptors (Lipinski definition) is 4. The first-order valence-electron chi connectivity index (χ1n) is 7.89. The van der Waals surface area contributed by atoms with Crippen molar-refractivity contribution in [3.63, 3.8) is 0 Å². The van der Waals surface area contributed by atoms with Gasteiger partial charge in [0.2, 0.25) is 5.91 Å². The second-order valence-corrected chi connectivity index (χ2v) is 6.61. The monoisotopic (exact) mass is 425 g/mol. The SMILES string of the molecule is CCC(=O)NC(=S)Nc1ccc(NC(=O)c2cc(Cl)cc(Cl)c2OC)cc1. The molecule has 0 radical (unpaired) electrons. The summed E-state index contributed by atoms with van der Waals surface area (Å²) in [5, 5.41) is 8.95. The number of carbonyl (C=O) groups excluding carboxylic acids is 2. The zero-order valence-corrected chi connectivity index (χ0v) is 16.9. The lowest BCUT2D eigenvalue weighted by Gasteiger charge is -2.12. The highest BCUT2D eigenvalue weighted by molar-refractivity contribution is 7.80. The molecule has 2 amide bonds. The van der Waals surface area contributed by atoms with Crippen LogP contribution in [0, 0.1) is 0 Å². The molecule has 3 N–H and O–H groups in total. The van der Waals surface area contributed by atoms with E-state index in [2.05, 4.69) is 16.0 Å². The third-order valence-electron chi connectivity index (χ3n) is 3.43. The standard InChI is InChI=1S/C18H17Cl2N3O3S/c1-3-15(24)23-18(27)22-12-6-4-11(5-7-12)21-17(25)13-8-10(19)9-14(20)16(13)26-2/h4-9H,3H2,1-2H3,(H,21,25)(H2,22,23,24,27). The van der Waals surface area contributed by atoms with Gasteiger partial charge in [-0.25, -0.2) is 0 Å². The second-order valence-electron chi connectivity index (χ2n) is 5.36. The molecule has 0 aromatic heterocycles. The average molecular weight is 426 g/mol. The Labute approximate surface area is 172 Å². The molecule has 2 aromatic carbocycles. The minimum Gasteiger partial charge on any atom is -0.494 e. The van der Waals surface area contributed by atoms with E-state index in [-0.39, 0.29) is 27.4 Å². The fourth-order valence-corrected chi connectivity index (χ4v) is 2.95. The summed E-state index contributed by atoms with van der Waals surface area (Å²) in [6.45, 7) is 1.73. The van der Waals surface area contributed by atoms with Gasteiger partial charge in [0.05, 0.1) is 17.7 Å². The first kappa shape index (κ1) is 21.0. The highest BCUT2D eigenvalue weighted by Gasteiger charge is 2.17. The van der Waals surface area contributed by atoms with Crippen LogP contribution < -0.4 is 20.7 Å². The van der Waals surface area contributed by atoms with E-state index >= 15 is 0 Å². The molecule has 0 bridgehead atoms. The first-order chi connectivity index (χ1) is 12.8. The van der Waals surface area contributed by atoms with E-state index in [1.54, 1.807) is 31.2 Å². The van der Waals surface area contributed by atoms with E-state index in [1.165, 1.54) is 19.2 Å². The fourth-order valence-electron chi connectivity index (χ4n) is 2.15. The van der Waals surface area contributed by atoms with Crippen LogP contribution in [0.4, 0.5) is 11.4 Å². The summed E-state index contributed by atoms with van der Waals surface area (Å²) in [5.41, 5.74) is 1.44. The summed E-state index contributed by atoms with van der Waals surface area (Å²) in [6, 6.07) is 9.77. The molecule has 27 heavy (non-hydrogen) atoms. The second kappa shape index (κ2) is 9.55. The number of nitrogens with one attached hydrogen (secondary N) is 3. The van der Waals surface area contributed by atoms with E-state index in [4.69, 9.17) is 40.2 Å². The lowest BCUT2D eigenvalue weighted by molar-refractivity contribution is -0.119. The fraction of sp³-hybridized carbons (Fsp3) is 0.167. The molecule has 2 aromatic rings. The van der Waals surface area contributed by atoms with E-state index in [1.807, 2.05) is 0 Å². The van der Waals surface area contributed by atoms with Gasteiger partial charge >= 0.3 is 0 Å². The molecular weight excluding hydrogens is 409 g/mol. The van der Waals surface area contributed by atoms with Gasteiger partial charge in [-0.2, -0.15) is 0 Å². The molecular formula is C18H17Cl2N3O3S. The summed E-state index contributed by atoms with van der Waals surface area (Å²) in [7, 11) is 1.42. The molecule has 0 aliphatic rings. The van der Waals surface area contributed by atoms with E-state index in [0.29, 0.717) is 22.8 Å². The molecule has 6 nitrogen and oxygen atoms in total. The number of methoxy groups -OCH3 is 1. The third-order valence-corrected chi connectivity index (χ3v) is 4.13. The first-order valence-corrected chi connectivity index (χ1v) is 9.05. The van der Waals surface area contributed by atoms with E-state index in [0.717, 1.165) is 0 Å². The van der Waals surface area contributed by atoms with Gasteiger partial charge in [0, 0.05) is 22.8 Å². The van der Waals surface area contributed by atoms with Crippen molar-refractivity contribution in [1.29, 1.82) is 0 Å². The van der Waals surface area contributed by atoms with Crippen LogP contribution in [0.2, 0.25) is 10.0 Å². The highest BCUT2D eigenvalue weighted by atomic mass is 35.5. The maximum absolute atomic E-state index is 12.5. The van der Waals surface area contributed by atoms with Crippen LogP contribution in [-0.2, 0) is 4.79 Å². The lowest BCUT2D eigenvalue weighted by Crippen LogP contribution is -2.33. The number of thiocarbonyl (C=S) groups is 1. The van der Waals surface area contributed by atoms with Crippen molar-refractivity contribution in [1.82, 2.24) is 5.32 Å². The van der Waals surface area contributed by atoms with Crippen molar-refractivity contribution in [3.05, 3.63) is 52.0 Å². The molecule has 142 valence electrons. The van der Waals surface area contributed by atoms with Crippen molar-refractivity contribution in [3.8, 4) is 5.75 Å². The van der Waals surface area contributed by atoms with E-state index < -0.39 is 5.91 Å². The van der Waals surface area contributed by atoms with Gasteiger partial charge in [-0.1, -0.05) is 30.1 Å². The summed E-state index contributed by atoms with van der Waals surface area (Å²) in [4.78, 5) is 23.8. The molecule has 2 rings (SSSR count). The highest BCUT2D eigenvalue weighted by Crippen LogP contribution is 2.32. The Balaban J connectivity index is 2.07. The van der Waals surface area contributed by atoms with Gasteiger partial charge in [-0.3, -0.25) is 9.59 Å². The summed E-state index contributed by atoms with van der Waals surface area (Å²) in [6.07, 6.45) is 0.337. The van der Waals surface area contributed by atoms with Gasteiger partial charge in [0.1, 0.15) is 5.75 Å². The maximum atomic E-state index is 12.5. The number of rotatable bonds is 5. The van der Waals surface area contributed by atoms with Crippen LogP contribution in [0.25, 0.3) is 0 Å². The average Bonchev–Trinajstić information content (AvgIpc) is 2.62. The summed E-state index contributed by atoms with van der Waals surface area (Å²) >= 11 is 17.1. The van der Waals surface area contributed by atoms with Gasteiger partial charge in [-0.05, 0) is 48.6 Å². The predicted molar refractivity (Wildman–Crippen MR) is 112 cm³/mol. The van der Waals surface area contributed by atoms with Crippen molar-refractivity contribution < 1.29 is 14.3 Å². The topological polar surface area (TPSA) is 79.5 Å². The molecule has 0 unspecified atom stereocenters. The summed E-state index contributed by atoms with van der Waals surface area (Å²) < 4.78 is 5.18. The Morgan fingerprint density at radius 3 is 2.22 bits per heavy atom. The van der Waals surface area contributed by atoms with Crippen LogP contribution >= 0.6 is 35.4 Å². The quantitative estimate of drug-likeness (QED) is 0.615. The Morgan fingerprint density at radius 1 is 1.07 bits per heavy atom. The van der Waals surface area contributed by atoms with Crippen LogP contribution in [0.15, 0.2) is 36.4 Å². The number of amides is 2. The van der Waals surface area contributed by atoms with Crippen molar-refractivity contribution in [2.24, 2.45) is 0 Å². The van der Waals surface area contributed by atoms with Crippen LogP contribution in [0.3, 0.4) is 0 Å². The van der Waals surface area contributed by atoms with Crippen molar-refractivity contribution >= 4 is 63.7 Å². The smallest absolute Gasteiger partial charge is 0.259 e. The van der Waals surface area contributed by atoms with Crippen LogP contribution in [0.1, 0.15) is 23.7 Å². The molecule has 0 atom stereocenters. The van der Waals surface area contributed by atoms with Crippen molar-refractivity contribution in [2.75, 3.05) is 17.7 Å². The number of halogens is 2. The molecule has 0 heterocycles. The maximum Gasteiger partial charge on any atom is 0.259 e. The molecule has 0 spiro atoms. The Kier molecular flexibility index (Phi) is 7.41. The Bertz CT molecular complexity index is 873. The lowest BCUT2D eigenvalue weighted by atomic mass is 10.1. The van der Waals surface area contributed by atoms with Crippen LogP contribution in [-0.4, -0.2) is 24.0 Å². The minimum atomic E-state index is -0.414. The van der Waals surface area contributed by atoms with Gasteiger partial charge in [0.15, 0.2) is 5.11 Å². The Morgan fingerprint density at radius 2 is 1.67 bits per heavy atom.